The molecule has 4 heteroatoms. The lowest BCUT2D eigenvalue weighted by atomic mass is 10.2. The Morgan fingerprint density at radius 3 is 2.25 bits per heavy atom. The van der Waals surface area contributed by atoms with Gasteiger partial charge in [-0.25, -0.2) is 0 Å². The number of rotatable bonds is 6. The third-order valence-electron chi connectivity index (χ3n) is 1.29. The number of ether oxygens (including phenoxy) is 1. The highest BCUT2D eigenvalue weighted by Crippen LogP contribution is 2.21. The van der Waals surface area contributed by atoms with Gasteiger partial charge in [0, 0.05) is 19.6 Å². The van der Waals surface area contributed by atoms with Crippen LogP contribution in [0.5, 0.6) is 0 Å². The van der Waals surface area contributed by atoms with E-state index in [4.69, 9.17) is 4.74 Å². The minimum absolute atomic E-state index is 0.153. The van der Waals surface area contributed by atoms with Crippen LogP contribution in [-0.2, 0) is 4.74 Å². The topological polar surface area (TPSA) is 9.23 Å². The van der Waals surface area contributed by atoms with E-state index in [-0.39, 0.29) is 6.42 Å². The minimum atomic E-state index is -4.02. The van der Waals surface area contributed by atoms with Gasteiger partial charge in [0.15, 0.2) is 0 Å². The molecule has 0 saturated carbocycles. The molecule has 0 aromatic heterocycles. The molecule has 0 rings (SSSR count). The second-order valence-electron chi connectivity index (χ2n) is 2.54. The Kier molecular flexibility index (Phi) is 6.16. The average molecular weight is 183 g/mol. The smallest absolute Gasteiger partial charge is 0.381 e. The van der Waals surface area contributed by atoms with Gasteiger partial charge < -0.3 is 4.74 Å². The SMILES string of the molecule is [CH2]CCOCCCCC(F)(F)F. The van der Waals surface area contributed by atoms with Crippen molar-refractivity contribution in [2.24, 2.45) is 0 Å². The standard InChI is InChI=1S/C8H14F3O/c1-2-6-12-7-4-3-5-8(9,10)11/h1-7H2. The van der Waals surface area contributed by atoms with Crippen LogP contribution in [0.25, 0.3) is 0 Å². The van der Waals surface area contributed by atoms with Crippen LogP contribution in [0.1, 0.15) is 25.7 Å². The van der Waals surface area contributed by atoms with E-state index in [1.165, 1.54) is 0 Å². The van der Waals surface area contributed by atoms with Gasteiger partial charge in [0.25, 0.3) is 0 Å². The molecule has 0 amide bonds. The van der Waals surface area contributed by atoms with Crippen LogP contribution in [0.3, 0.4) is 0 Å². The molecular formula is C8H14F3O. The molecular weight excluding hydrogens is 169 g/mol. The molecule has 0 bridgehead atoms. The van der Waals surface area contributed by atoms with Gasteiger partial charge in [-0.2, -0.15) is 13.2 Å². The quantitative estimate of drug-likeness (QED) is 0.575. The molecule has 0 saturated heterocycles. The molecule has 1 nitrogen and oxygen atoms in total. The second-order valence-corrected chi connectivity index (χ2v) is 2.54. The van der Waals surface area contributed by atoms with Crippen molar-refractivity contribution in [2.45, 2.75) is 31.9 Å². The Balaban J connectivity index is 3.01. The number of hydrogen-bond acceptors (Lipinski definition) is 1. The lowest BCUT2D eigenvalue weighted by molar-refractivity contribution is -0.136. The van der Waals surface area contributed by atoms with Crippen molar-refractivity contribution >= 4 is 0 Å². The Labute approximate surface area is 70.9 Å². The number of unbranched alkanes of at least 4 members (excludes halogenated alkanes) is 1. The van der Waals surface area contributed by atoms with Crippen molar-refractivity contribution in [1.29, 1.82) is 0 Å². The highest BCUT2D eigenvalue weighted by atomic mass is 19.4. The zero-order valence-corrected chi connectivity index (χ0v) is 6.99. The molecule has 0 aliphatic heterocycles. The van der Waals surface area contributed by atoms with Crippen molar-refractivity contribution in [2.75, 3.05) is 13.2 Å². The van der Waals surface area contributed by atoms with Crippen LogP contribution in [0.2, 0.25) is 0 Å². The summed E-state index contributed by atoms with van der Waals surface area (Å²) in [6.07, 6.45) is -3.44. The molecule has 0 aromatic rings. The predicted molar refractivity (Wildman–Crippen MR) is 40.7 cm³/mol. The molecule has 0 atom stereocenters. The molecule has 0 spiro atoms. The fourth-order valence-electron chi connectivity index (χ4n) is 0.734. The van der Waals surface area contributed by atoms with Crippen molar-refractivity contribution in [3.8, 4) is 0 Å². The largest absolute Gasteiger partial charge is 0.389 e. The van der Waals surface area contributed by atoms with Crippen LogP contribution < -0.4 is 0 Å². The van der Waals surface area contributed by atoms with Crippen LogP contribution in [0, 0.1) is 6.92 Å². The van der Waals surface area contributed by atoms with Gasteiger partial charge in [-0.1, -0.05) is 6.92 Å². The maximum absolute atomic E-state index is 11.6. The number of hydrogen-bond donors (Lipinski definition) is 0. The summed E-state index contributed by atoms with van der Waals surface area (Å²) in [7, 11) is 0. The maximum Gasteiger partial charge on any atom is 0.389 e. The summed E-state index contributed by atoms with van der Waals surface area (Å²) >= 11 is 0. The first-order valence-electron chi connectivity index (χ1n) is 4.00. The number of halogens is 3. The molecule has 12 heavy (non-hydrogen) atoms. The Bertz CT molecular complexity index is 101. The monoisotopic (exact) mass is 183 g/mol. The Morgan fingerprint density at radius 1 is 1.08 bits per heavy atom. The van der Waals surface area contributed by atoms with Gasteiger partial charge in [0.05, 0.1) is 0 Å². The first kappa shape index (κ1) is 11.8. The summed E-state index contributed by atoms with van der Waals surface area (Å²) in [5, 5.41) is 0. The van der Waals surface area contributed by atoms with E-state index in [1.54, 1.807) is 0 Å². The molecule has 0 aromatic carbocycles. The van der Waals surface area contributed by atoms with E-state index in [0.717, 1.165) is 0 Å². The van der Waals surface area contributed by atoms with E-state index in [2.05, 4.69) is 6.92 Å². The van der Waals surface area contributed by atoms with Crippen molar-refractivity contribution in [3.05, 3.63) is 6.92 Å². The summed E-state index contributed by atoms with van der Waals surface area (Å²) < 4.78 is 39.7. The van der Waals surface area contributed by atoms with Gasteiger partial charge in [0.2, 0.25) is 0 Å². The summed E-state index contributed by atoms with van der Waals surface area (Å²) in [6.45, 7) is 4.48. The lowest BCUT2D eigenvalue weighted by Crippen LogP contribution is -2.07. The van der Waals surface area contributed by atoms with Gasteiger partial charge in [0.1, 0.15) is 0 Å². The second kappa shape index (κ2) is 6.29. The van der Waals surface area contributed by atoms with E-state index < -0.39 is 12.6 Å². The van der Waals surface area contributed by atoms with Crippen molar-refractivity contribution in [3.63, 3.8) is 0 Å². The first-order valence-corrected chi connectivity index (χ1v) is 4.00. The fourth-order valence-corrected chi connectivity index (χ4v) is 0.734. The average Bonchev–Trinajstić information content (AvgIpc) is 1.94. The molecule has 0 aliphatic carbocycles. The molecule has 1 radical (unpaired) electrons. The Morgan fingerprint density at radius 2 is 1.75 bits per heavy atom. The molecule has 0 N–H and O–H groups in total. The highest BCUT2D eigenvalue weighted by molar-refractivity contribution is 4.50. The number of alkyl halides is 3. The summed E-state index contributed by atoms with van der Waals surface area (Å²) in [6, 6.07) is 0. The molecule has 0 aliphatic rings. The normalized spacial score (nSPS) is 12.0. The first-order chi connectivity index (χ1) is 5.56. The lowest BCUT2D eigenvalue weighted by Gasteiger charge is -2.05. The third kappa shape index (κ3) is 9.75. The van der Waals surface area contributed by atoms with Gasteiger partial charge in [-0.15, -0.1) is 0 Å². The van der Waals surface area contributed by atoms with Crippen molar-refractivity contribution in [1.82, 2.24) is 0 Å². The summed E-state index contributed by atoms with van der Waals surface area (Å²) in [4.78, 5) is 0. The van der Waals surface area contributed by atoms with Gasteiger partial charge in [-0.05, 0) is 19.3 Å². The zero-order chi connectivity index (χ0) is 9.45. The summed E-state index contributed by atoms with van der Waals surface area (Å²) in [5.41, 5.74) is 0. The van der Waals surface area contributed by atoms with E-state index >= 15 is 0 Å². The summed E-state index contributed by atoms with van der Waals surface area (Å²) in [5.74, 6) is 0. The zero-order valence-electron chi connectivity index (χ0n) is 6.99. The van der Waals surface area contributed by atoms with E-state index in [0.29, 0.717) is 26.1 Å². The van der Waals surface area contributed by atoms with Crippen molar-refractivity contribution < 1.29 is 17.9 Å². The molecule has 73 valence electrons. The minimum Gasteiger partial charge on any atom is -0.381 e. The predicted octanol–water partition coefficient (Wildman–Crippen LogP) is 2.96. The van der Waals surface area contributed by atoms with E-state index in [1.807, 2.05) is 0 Å². The van der Waals surface area contributed by atoms with Crippen LogP contribution >= 0.6 is 0 Å². The van der Waals surface area contributed by atoms with Crippen LogP contribution in [0.15, 0.2) is 0 Å². The third-order valence-corrected chi connectivity index (χ3v) is 1.29. The van der Waals surface area contributed by atoms with Gasteiger partial charge >= 0.3 is 6.18 Å². The molecule has 0 fully saturated rings. The van der Waals surface area contributed by atoms with Gasteiger partial charge in [-0.3, -0.25) is 0 Å². The highest BCUT2D eigenvalue weighted by Gasteiger charge is 2.25. The van der Waals surface area contributed by atoms with E-state index in [9.17, 15) is 13.2 Å². The maximum atomic E-state index is 11.6. The molecule has 0 heterocycles. The van der Waals surface area contributed by atoms with Crippen LogP contribution in [-0.4, -0.2) is 19.4 Å². The Hall–Kier alpha value is -0.250. The van der Waals surface area contributed by atoms with Crippen LogP contribution in [0.4, 0.5) is 13.2 Å². The molecule has 0 unspecified atom stereocenters. The fraction of sp³-hybridized carbons (Fsp3) is 0.875.